The first-order valence-corrected chi connectivity index (χ1v) is 4.93. The highest BCUT2D eigenvalue weighted by Gasteiger charge is 2.61. The van der Waals surface area contributed by atoms with Crippen molar-refractivity contribution < 1.29 is 13.2 Å². The zero-order chi connectivity index (χ0) is 10.4. The Morgan fingerprint density at radius 3 is 2.21 bits per heavy atom. The van der Waals surface area contributed by atoms with E-state index in [1.807, 2.05) is 0 Å². The largest absolute Gasteiger partial charge is 0.400 e. The fraction of sp³-hybridized carbons (Fsp3) is 0.714. The van der Waals surface area contributed by atoms with Crippen LogP contribution >= 0.6 is 11.3 Å². The Morgan fingerprint density at radius 2 is 1.93 bits per heavy atom. The van der Waals surface area contributed by atoms with Crippen LogP contribution in [0.25, 0.3) is 0 Å². The quantitative estimate of drug-likeness (QED) is 0.793. The van der Waals surface area contributed by atoms with Gasteiger partial charge in [-0.1, -0.05) is 17.8 Å². The minimum atomic E-state index is -4.24. The van der Waals surface area contributed by atoms with Crippen LogP contribution in [0.5, 0.6) is 0 Å². The summed E-state index contributed by atoms with van der Waals surface area (Å²) in [4.78, 5) is 0. The first-order chi connectivity index (χ1) is 6.46. The zero-order valence-electron chi connectivity index (χ0n) is 7.14. The third-order valence-electron chi connectivity index (χ3n) is 2.60. The predicted molar refractivity (Wildman–Crippen MR) is 45.9 cm³/mol. The molecule has 1 aliphatic rings. The summed E-state index contributed by atoms with van der Waals surface area (Å²) in [5, 5.41) is 7.03. The van der Waals surface area contributed by atoms with Crippen LogP contribution in [-0.4, -0.2) is 16.4 Å². The van der Waals surface area contributed by atoms with Crippen molar-refractivity contribution in [2.24, 2.45) is 0 Å². The highest BCUT2D eigenvalue weighted by molar-refractivity contribution is 7.15. The Labute approximate surface area is 82.1 Å². The van der Waals surface area contributed by atoms with E-state index in [-0.39, 0.29) is 23.0 Å². The molecule has 1 saturated carbocycles. The summed E-state index contributed by atoms with van der Waals surface area (Å²) in [6.45, 7) is 0. The molecule has 2 rings (SSSR count). The molecule has 0 aliphatic heterocycles. The van der Waals surface area contributed by atoms with Crippen LogP contribution in [0.15, 0.2) is 0 Å². The monoisotopic (exact) mass is 223 g/mol. The van der Waals surface area contributed by atoms with Gasteiger partial charge < -0.3 is 5.73 Å². The maximum Gasteiger partial charge on any atom is 0.400 e. The van der Waals surface area contributed by atoms with Gasteiger partial charge in [0.15, 0.2) is 0 Å². The Bertz CT molecular complexity index is 342. The van der Waals surface area contributed by atoms with Crippen LogP contribution in [-0.2, 0) is 5.41 Å². The molecule has 0 saturated heterocycles. The van der Waals surface area contributed by atoms with Crippen LogP contribution in [0.2, 0.25) is 0 Å². The van der Waals surface area contributed by atoms with E-state index in [0.717, 1.165) is 11.3 Å². The molecule has 1 aliphatic carbocycles. The minimum Gasteiger partial charge on any atom is -0.374 e. The summed E-state index contributed by atoms with van der Waals surface area (Å²) < 4.78 is 38.2. The minimum absolute atomic E-state index is 0.00810. The van der Waals surface area contributed by atoms with Crippen molar-refractivity contribution in [2.45, 2.75) is 30.9 Å². The van der Waals surface area contributed by atoms with Crippen molar-refractivity contribution in [1.82, 2.24) is 10.2 Å². The number of hydrogen-bond acceptors (Lipinski definition) is 4. The van der Waals surface area contributed by atoms with Gasteiger partial charge in [0, 0.05) is 0 Å². The van der Waals surface area contributed by atoms with Crippen molar-refractivity contribution in [3.63, 3.8) is 0 Å². The number of aromatic nitrogens is 2. The molecule has 14 heavy (non-hydrogen) atoms. The summed E-state index contributed by atoms with van der Waals surface area (Å²) in [6.07, 6.45) is -3.45. The number of nitrogens with zero attached hydrogens (tertiary/aromatic N) is 2. The maximum absolute atomic E-state index is 12.7. The first-order valence-electron chi connectivity index (χ1n) is 4.12. The number of nitrogens with two attached hydrogens (primary N) is 1. The molecule has 78 valence electrons. The highest BCUT2D eigenvalue weighted by atomic mass is 32.1. The molecular weight excluding hydrogens is 215 g/mol. The Hall–Kier alpha value is -0.850. The van der Waals surface area contributed by atoms with E-state index < -0.39 is 11.6 Å². The summed E-state index contributed by atoms with van der Waals surface area (Å²) in [5.41, 5.74) is 3.51. The van der Waals surface area contributed by atoms with Gasteiger partial charge in [-0.15, -0.1) is 10.2 Å². The normalized spacial score (nSPS) is 20.5. The van der Waals surface area contributed by atoms with Crippen molar-refractivity contribution in [1.29, 1.82) is 0 Å². The number of nitrogen functional groups attached to an aromatic ring is 1. The Kier molecular flexibility index (Phi) is 1.95. The lowest BCUT2D eigenvalue weighted by Crippen LogP contribution is -2.47. The summed E-state index contributed by atoms with van der Waals surface area (Å²) in [6, 6.07) is 0. The molecule has 0 bridgehead atoms. The van der Waals surface area contributed by atoms with Crippen molar-refractivity contribution >= 4 is 16.5 Å². The average molecular weight is 223 g/mol. The van der Waals surface area contributed by atoms with Crippen LogP contribution in [0.3, 0.4) is 0 Å². The van der Waals surface area contributed by atoms with Gasteiger partial charge in [-0.3, -0.25) is 0 Å². The average Bonchev–Trinajstić information content (AvgIpc) is 2.29. The van der Waals surface area contributed by atoms with Crippen LogP contribution in [0.1, 0.15) is 24.3 Å². The third-order valence-corrected chi connectivity index (χ3v) is 3.56. The smallest absolute Gasteiger partial charge is 0.374 e. The van der Waals surface area contributed by atoms with E-state index in [1.165, 1.54) is 0 Å². The van der Waals surface area contributed by atoms with E-state index in [2.05, 4.69) is 10.2 Å². The fourth-order valence-electron chi connectivity index (χ4n) is 1.58. The Balaban J connectivity index is 2.38. The molecule has 7 heteroatoms. The van der Waals surface area contributed by atoms with E-state index in [9.17, 15) is 13.2 Å². The predicted octanol–water partition coefficient (Wildman–Crippen LogP) is 2.10. The lowest BCUT2D eigenvalue weighted by Gasteiger charge is -2.40. The molecule has 3 nitrogen and oxygen atoms in total. The molecule has 1 fully saturated rings. The van der Waals surface area contributed by atoms with Gasteiger partial charge in [0.2, 0.25) is 5.13 Å². The van der Waals surface area contributed by atoms with Crippen LogP contribution < -0.4 is 5.73 Å². The molecule has 0 radical (unpaired) electrons. The summed E-state index contributed by atoms with van der Waals surface area (Å²) in [7, 11) is 0. The van der Waals surface area contributed by atoms with Crippen LogP contribution in [0, 0.1) is 0 Å². The van der Waals surface area contributed by atoms with E-state index in [1.54, 1.807) is 0 Å². The second-order valence-electron chi connectivity index (χ2n) is 3.38. The van der Waals surface area contributed by atoms with E-state index >= 15 is 0 Å². The van der Waals surface area contributed by atoms with Crippen LogP contribution in [0.4, 0.5) is 18.3 Å². The number of rotatable bonds is 1. The van der Waals surface area contributed by atoms with Crippen molar-refractivity contribution in [2.75, 3.05) is 5.73 Å². The summed E-state index contributed by atoms with van der Waals surface area (Å²) in [5.74, 6) is 0. The molecule has 0 spiro atoms. The second kappa shape index (κ2) is 2.82. The number of halogens is 3. The van der Waals surface area contributed by atoms with Gasteiger partial charge in [-0.2, -0.15) is 13.2 Å². The topological polar surface area (TPSA) is 51.8 Å². The number of anilines is 1. The SMILES string of the molecule is Nc1nnc(C2(C(F)(F)F)CCC2)s1. The molecule has 2 N–H and O–H groups in total. The summed E-state index contributed by atoms with van der Waals surface area (Å²) >= 11 is 0.833. The third kappa shape index (κ3) is 1.18. The molecule has 1 aromatic rings. The lowest BCUT2D eigenvalue weighted by molar-refractivity contribution is -0.212. The van der Waals surface area contributed by atoms with Gasteiger partial charge >= 0.3 is 6.18 Å². The van der Waals surface area contributed by atoms with Gasteiger partial charge in [0.1, 0.15) is 10.4 Å². The molecular formula is C7H8F3N3S. The Morgan fingerprint density at radius 1 is 1.29 bits per heavy atom. The van der Waals surface area contributed by atoms with Gasteiger partial charge in [0.25, 0.3) is 0 Å². The standard InChI is InChI=1S/C7H8F3N3S/c8-7(9,10)6(2-1-3-6)4-12-13-5(11)14-4/h1-3H2,(H2,11,13). The highest BCUT2D eigenvalue weighted by Crippen LogP contribution is 2.55. The molecule has 0 amide bonds. The maximum atomic E-state index is 12.7. The van der Waals surface area contributed by atoms with Gasteiger partial charge in [0.05, 0.1) is 0 Å². The lowest BCUT2D eigenvalue weighted by atomic mass is 9.68. The van der Waals surface area contributed by atoms with E-state index in [4.69, 9.17) is 5.73 Å². The van der Waals surface area contributed by atoms with Crippen molar-refractivity contribution in [3.8, 4) is 0 Å². The number of alkyl halides is 3. The zero-order valence-corrected chi connectivity index (χ0v) is 7.95. The van der Waals surface area contributed by atoms with Gasteiger partial charge in [-0.05, 0) is 12.8 Å². The number of hydrogen-bond donors (Lipinski definition) is 1. The van der Waals surface area contributed by atoms with E-state index in [0.29, 0.717) is 6.42 Å². The molecule has 1 heterocycles. The molecule has 0 atom stereocenters. The fourth-order valence-corrected chi connectivity index (χ4v) is 2.45. The molecule has 1 aromatic heterocycles. The van der Waals surface area contributed by atoms with Crippen molar-refractivity contribution in [3.05, 3.63) is 5.01 Å². The molecule has 0 aromatic carbocycles. The second-order valence-corrected chi connectivity index (χ2v) is 4.39. The molecule has 0 unspecified atom stereocenters. The van der Waals surface area contributed by atoms with Gasteiger partial charge in [-0.25, -0.2) is 0 Å². The first kappa shape index (κ1) is 9.70.